The minimum absolute atomic E-state index is 0.108. The van der Waals surface area contributed by atoms with Crippen molar-refractivity contribution in [1.82, 2.24) is 0 Å². The molecule has 0 spiro atoms. The van der Waals surface area contributed by atoms with Crippen molar-refractivity contribution in [3.63, 3.8) is 0 Å². The molecule has 7 nitrogen and oxygen atoms in total. The van der Waals surface area contributed by atoms with Gasteiger partial charge in [-0.2, -0.15) is 0 Å². The number of carbonyl (C=O) groups is 2. The average Bonchev–Trinajstić information content (AvgIpc) is 2.66. The molecule has 7 heteroatoms. The van der Waals surface area contributed by atoms with Gasteiger partial charge in [-0.05, 0) is 48.9 Å². The van der Waals surface area contributed by atoms with Gasteiger partial charge in [-0.3, -0.25) is 9.59 Å². The number of anilines is 3. The second kappa shape index (κ2) is 8.85. The molecule has 2 aromatic carbocycles. The molecule has 0 radical (unpaired) electrons. The summed E-state index contributed by atoms with van der Waals surface area (Å²) in [4.78, 5) is 26.3. The van der Waals surface area contributed by atoms with Crippen LogP contribution in [0.15, 0.2) is 59.4 Å². The van der Waals surface area contributed by atoms with Crippen molar-refractivity contribution in [2.24, 2.45) is 4.99 Å². The summed E-state index contributed by atoms with van der Waals surface area (Å²) in [5.74, 6) is 1.25. The third kappa shape index (κ3) is 4.97. The number of nitrogens with zero attached hydrogens (tertiary/aromatic N) is 1. The SMILES string of the molecule is CC(=O)Nc1ccc(OC2C=C(Nc3ccccc3NC=O)N=CC2)cc1C. The van der Waals surface area contributed by atoms with Gasteiger partial charge in [0, 0.05) is 25.2 Å². The second-order valence-corrected chi connectivity index (χ2v) is 6.35. The molecule has 144 valence electrons. The molecule has 0 saturated heterocycles. The maximum absolute atomic E-state index is 11.2. The first-order valence-corrected chi connectivity index (χ1v) is 8.90. The Hall–Kier alpha value is -3.61. The molecule has 2 aromatic rings. The first kappa shape index (κ1) is 19.2. The third-order valence-corrected chi connectivity index (χ3v) is 4.11. The van der Waals surface area contributed by atoms with Gasteiger partial charge in [-0.25, -0.2) is 4.99 Å². The Bertz CT molecular complexity index is 937. The van der Waals surface area contributed by atoms with Gasteiger partial charge in [0.2, 0.25) is 12.3 Å². The molecule has 1 aliphatic rings. The number of ether oxygens (including phenoxy) is 1. The van der Waals surface area contributed by atoms with Crippen molar-refractivity contribution < 1.29 is 14.3 Å². The highest BCUT2D eigenvalue weighted by atomic mass is 16.5. The van der Waals surface area contributed by atoms with E-state index >= 15 is 0 Å². The highest BCUT2D eigenvalue weighted by Crippen LogP contribution is 2.26. The van der Waals surface area contributed by atoms with E-state index in [-0.39, 0.29) is 12.0 Å². The van der Waals surface area contributed by atoms with Gasteiger partial charge in [0.25, 0.3) is 0 Å². The van der Waals surface area contributed by atoms with Gasteiger partial charge in [0.05, 0.1) is 11.4 Å². The number of aryl methyl sites for hydroxylation is 1. The Morgan fingerprint density at radius 1 is 1.18 bits per heavy atom. The fourth-order valence-corrected chi connectivity index (χ4v) is 2.83. The van der Waals surface area contributed by atoms with Crippen molar-refractivity contribution in [1.29, 1.82) is 0 Å². The van der Waals surface area contributed by atoms with Gasteiger partial charge >= 0.3 is 0 Å². The Morgan fingerprint density at radius 3 is 2.68 bits per heavy atom. The number of hydrogen-bond donors (Lipinski definition) is 3. The van der Waals surface area contributed by atoms with Crippen molar-refractivity contribution in [2.75, 3.05) is 16.0 Å². The van der Waals surface area contributed by atoms with Crippen LogP contribution in [0, 0.1) is 6.92 Å². The molecule has 2 amide bonds. The molecule has 1 heterocycles. The summed E-state index contributed by atoms with van der Waals surface area (Å²) in [5, 5.41) is 8.65. The van der Waals surface area contributed by atoms with E-state index in [9.17, 15) is 9.59 Å². The van der Waals surface area contributed by atoms with Gasteiger partial charge < -0.3 is 20.7 Å². The average molecular weight is 378 g/mol. The van der Waals surface area contributed by atoms with Crippen LogP contribution in [0.4, 0.5) is 17.1 Å². The summed E-state index contributed by atoms with van der Waals surface area (Å²) < 4.78 is 6.05. The zero-order valence-corrected chi connectivity index (χ0v) is 15.7. The molecule has 3 rings (SSSR count). The van der Waals surface area contributed by atoms with E-state index in [0.29, 0.717) is 30.1 Å². The molecule has 0 saturated carbocycles. The molecular formula is C21H22N4O3. The van der Waals surface area contributed by atoms with Gasteiger partial charge in [-0.1, -0.05) is 12.1 Å². The number of benzene rings is 2. The van der Waals surface area contributed by atoms with E-state index in [2.05, 4.69) is 20.9 Å². The topological polar surface area (TPSA) is 91.8 Å². The number of rotatable bonds is 7. The number of aliphatic imine (C=N–C) groups is 1. The molecule has 0 bridgehead atoms. The van der Waals surface area contributed by atoms with Crippen LogP contribution >= 0.6 is 0 Å². The van der Waals surface area contributed by atoms with Gasteiger partial charge in [0.15, 0.2) is 0 Å². The molecule has 0 fully saturated rings. The Kier molecular flexibility index (Phi) is 6.06. The molecule has 1 aliphatic heterocycles. The van der Waals surface area contributed by atoms with Crippen LogP contribution in [-0.2, 0) is 9.59 Å². The quantitative estimate of drug-likeness (QED) is 0.641. The van der Waals surface area contributed by atoms with Crippen LogP contribution < -0.4 is 20.7 Å². The van der Waals surface area contributed by atoms with E-state index in [0.717, 1.165) is 16.9 Å². The lowest BCUT2D eigenvalue weighted by Gasteiger charge is -2.20. The van der Waals surface area contributed by atoms with Crippen LogP contribution in [0.1, 0.15) is 18.9 Å². The number of para-hydroxylation sites is 2. The summed E-state index contributed by atoms with van der Waals surface area (Å²) in [7, 11) is 0. The maximum Gasteiger partial charge on any atom is 0.221 e. The van der Waals surface area contributed by atoms with Crippen LogP contribution in [-0.4, -0.2) is 24.6 Å². The predicted octanol–water partition coefficient (Wildman–Crippen LogP) is 3.70. The molecule has 28 heavy (non-hydrogen) atoms. The number of nitrogens with one attached hydrogen (secondary N) is 3. The summed E-state index contributed by atoms with van der Waals surface area (Å²) in [5.41, 5.74) is 3.10. The number of amides is 2. The Balaban J connectivity index is 1.70. The summed E-state index contributed by atoms with van der Waals surface area (Å²) >= 11 is 0. The lowest BCUT2D eigenvalue weighted by Crippen LogP contribution is -2.19. The summed E-state index contributed by atoms with van der Waals surface area (Å²) in [6.07, 6.45) is 4.79. The van der Waals surface area contributed by atoms with Crippen LogP contribution in [0.25, 0.3) is 0 Å². The van der Waals surface area contributed by atoms with Gasteiger partial charge in [-0.15, -0.1) is 0 Å². The zero-order chi connectivity index (χ0) is 19.9. The van der Waals surface area contributed by atoms with E-state index in [1.54, 1.807) is 12.3 Å². The fourth-order valence-electron chi connectivity index (χ4n) is 2.83. The molecule has 0 aromatic heterocycles. The molecular weight excluding hydrogens is 356 g/mol. The van der Waals surface area contributed by atoms with E-state index < -0.39 is 0 Å². The predicted molar refractivity (Wildman–Crippen MR) is 111 cm³/mol. The van der Waals surface area contributed by atoms with Crippen LogP contribution in [0.3, 0.4) is 0 Å². The minimum atomic E-state index is -0.183. The largest absolute Gasteiger partial charge is 0.486 e. The Morgan fingerprint density at radius 2 is 1.96 bits per heavy atom. The highest BCUT2D eigenvalue weighted by Gasteiger charge is 2.14. The van der Waals surface area contributed by atoms with E-state index in [1.165, 1.54) is 6.92 Å². The van der Waals surface area contributed by atoms with Crippen molar-refractivity contribution in [3.05, 3.63) is 59.9 Å². The minimum Gasteiger partial charge on any atom is -0.486 e. The number of hydrogen-bond acceptors (Lipinski definition) is 5. The highest BCUT2D eigenvalue weighted by molar-refractivity contribution is 5.89. The first-order valence-electron chi connectivity index (χ1n) is 8.90. The smallest absolute Gasteiger partial charge is 0.221 e. The van der Waals surface area contributed by atoms with E-state index in [1.807, 2.05) is 49.4 Å². The maximum atomic E-state index is 11.2. The van der Waals surface area contributed by atoms with Crippen molar-refractivity contribution >= 4 is 35.6 Å². The lowest BCUT2D eigenvalue weighted by atomic mass is 10.1. The normalized spacial score (nSPS) is 15.4. The molecule has 0 aliphatic carbocycles. The lowest BCUT2D eigenvalue weighted by molar-refractivity contribution is -0.114. The number of carbonyl (C=O) groups excluding carboxylic acids is 2. The molecule has 1 atom stereocenters. The second-order valence-electron chi connectivity index (χ2n) is 6.35. The zero-order valence-electron chi connectivity index (χ0n) is 15.7. The monoisotopic (exact) mass is 378 g/mol. The summed E-state index contributed by atoms with van der Waals surface area (Å²) in [6.45, 7) is 3.40. The van der Waals surface area contributed by atoms with Crippen LogP contribution in [0.2, 0.25) is 0 Å². The molecule has 3 N–H and O–H groups in total. The standard InChI is InChI=1S/C21H22N4O3/c1-14-11-16(7-8-18(14)24-15(2)27)28-17-9-10-22-21(12-17)25-20-6-4-3-5-19(20)23-13-26/h3-8,10-13,17,25H,9H2,1-2H3,(H,23,26)(H,24,27). The molecule has 1 unspecified atom stereocenters. The fraction of sp³-hybridized carbons (Fsp3) is 0.190. The van der Waals surface area contributed by atoms with Gasteiger partial charge in [0.1, 0.15) is 17.7 Å². The third-order valence-electron chi connectivity index (χ3n) is 4.11. The van der Waals surface area contributed by atoms with Crippen molar-refractivity contribution in [3.8, 4) is 5.75 Å². The summed E-state index contributed by atoms with van der Waals surface area (Å²) in [6, 6.07) is 12.9. The first-order chi connectivity index (χ1) is 13.5. The van der Waals surface area contributed by atoms with E-state index in [4.69, 9.17) is 4.74 Å². The van der Waals surface area contributed by atoms with Crippen molar-refractivity contribution in [2.45, 2.75) is 26.4 Å². The van der Waals surface area contributed by atoms with Crippen LogP contribution in [0.5, 0.6) is 5.75 Å². The Labute approximate surface area is 163 Å².